The summed E-state index contributed by atoms with van der Waals surface area (Å²) in [5.74, 6) is -0.880. The Labute approximate surface area is 491 Å². The number of esters is 3. The summed E-state index contributed by atoms with van der Waals surface area (Å²) in [7, 11) is 0. The van der Waals surface area contributed by atoms with Gasteiger partial charge in [0.1, 0.15) is 13.2 Å². The maximum Gasteiger partial charge on any atom is 0.306 e. The largest absolute Gasteiger partial charge is 0.462 e. The molecule has 0 radical (unpaired) electrons. The van der Waals surface area contributed by atoms with Crippen molar-refractivity contribution in [1.29, 1.82) is 0 Å². The molecule has 0 saturated heterocycles. The van der Waals surface area contributed by atoms with Crippen molar-refractivity contribution in [3.05, 3.63) is 72.9 Å². The van der Waals surface area contributed by atoms with Gasteiger partial charge >= 0.3 is 17.9 Å². The normalized spacial score (nSPS) is 12.5. The molecule has 79 heavy (non-hydrogen) atoms. The summed E-state index contributed by atoms with van der Waals surface area (Å²) in [5, 5.41) is 0. The summed E-state index contributed by atoms with van der Waals surface area (Å²) in [5.41, 5.74) is 0. The molecule has 0 N–H and O–H groups in total. The maximum absolute atomic E-state index is 12.9. The summed E-state index contributed by atoms with van der Waals surface area (Å²) in [4.78, 5) is 38.4. The summed E-state index contributed by atoms with van der Waals surface area (Å²) in [6.45, 7) is 6.62. The maximum atomic E-state index is 12.9. The molecule has 458 valence electrons. The Balaban J connectivity index is 4.37. The van der Waals surface area contributed by atoms with Gasteiger partial charge in [0, 0.05) is 19.3 Å². The highest BCUT2D eigenvalue weighted by atomic mass is 16.6. The summed E-state index contributed by atoms with van der Waals surface area (Å²) >= 11 is 0. The van der Waals surface area contributed by atoms with E-state index in [1.165, 1.54) is 225 Å². The average molecular weight is 1100 g/mol. The third-order valence-corrected chi connectivity index (χ3v) is 15.2. The van der Waals surface area contributed by atoms with E-state index in [0.29, 0.717) is 19.3 Å². The quantitative estimate of drug-likeness (QED) is 0.0261. The van der Waals surface area contributed by atoms with Gasteiger partial charge in [-0.25, -0.2) is 0 Å². The number of rotatable bonds is 63. The number of ether oxygens (including phenoxy) is 3. The van der Waals surface area contributed by atoms with Gasteiger partial charge in [-0.05, 0) is 116 Å². The first kappa shape index (κ1) is 75.8. The third kappa shape index (κ3) is 65.5. The Morgan fingerprint density at radius 2 is 0.456 bits per heavy atom. The second-order valence-corrected chi connectivity index (χ2v) is 23.1. The lowest BCUT2D eigenvalue weighted by Crippen LogP contribution is -2.30. The lowest BCUT2D eigenvalue weighted by molar-refractivity contribution is -0.167. The standard InChI is InChI=1S/C73H130O6/c1-4-7-10-13-16-19-22-25-28-31-34-35-36-37-40-42-45-48-51-54-57-60-63-66-72(75)78-69-70(79-73(76)67-64-61-58-55-52-49-46-43-39-33-30-27-24-21-18-15-12-9-6-3)68-77-71(74)65-62-59-56-53-50-47-44-41-38-32-29-26-23-20-17-14-11-8-5-2/h17-18,20-21,26-27,29-31,34,39,43,70H,4-16,19,22-25,28,32-33,35-38,40-42,44-69H2,1-3H3/b20-17-,21-18-,29-26-,30-27-,34-31-,43-39-. The summed E-state index contributed by atoms with van der Waals surface area (Å²) < 4.78 is 17.0. The topological polar surface area (TPSA) is 78.9 Å². The predicted octanol–water partition coefficient (Wildman–Crippen LogP) is 23.7. The minimum absolute atomic E-state index is 0.0806. The van der Waals surface area contributed by atoms with Crippen LogP contribution in [0.15, 0.2) is 72.9 Å². The van der Waals surface area contributed by atoms with Crippen LogP contribution in [0.4, 0.5) is 0 Å². The molecule has 0 aromatic carbocycles. The first-order valence-electron chi connectivity index (χ1n) is 34.4. The molecule has 1 unspecified atom stereocenters. The first-order valence-corrected chi connectivity index (χ1v) is 34.4. The van der Waals surface area contributed by atoms with Crippen LogP contribution < -0.4 is 0 Å². The third-order valence-electron chi connectivity index (χ3n) is 15.2. The monoisotopic (exact) mass is 1100 g/mol. The van der Waals surface area contributed by atoms with Crippen LogP contribution in [0.3, 0.4) is 0 Å². The van der Waals surface area contributed by atoms with Crippen molar-refractivity contribution < 1.29 is 28.6 Å². The molecule has 0 aromatic heterocycles. The molecule has 6 nitrogen and oxygen atoms in total. The first-order chi connectivity index (χ1) is 39.0. The second-order valence-electron chi connectivity index (χ2n) is 23.1. The Bertz CT molecular complexity index is 1450. The van der Waals surface area contributed by atoms with Crippen LogP contribution in [-0.2, 0) is 28.6 Å². The fourth-order valence-corrected chi connectivity index (χ4v) is 9.95. The number of carbonyl (C=O) groups is 3. The Kier molecular flexibility index (Phi) is 64.7. The molecule has 0 aromatic rings. The fourth-order valence-electron chi connectivity index (χ4n) is 9.95. The minimum Gasteiger partial charge on any atom is -0.462 e. The molecule has 0 aliphatic heterocycles. The Hall–Kier alpha value is -3.15. The van der Waals surface area contributed by atoms with Crippen LogP contribution in [0.1, 0.15) is 355 Å². The van der Waals surface area contributed by atoms with Crippen molar-refractivity contribution in [3.63, 3.8) is 0 Å². The molecule has 0 saturated carbocycles. The Morgan fingerprint density at radius 1 is 0.253 bits per heavy atom. The molecule has 0 fully saturated rings. The molecule has 0 aliphatic rings. The van der Waals surface area contributed by atoms with Crippen molar-refractivity contribution in [3.8, 4) is 0 Å². The Morgan fingerprint density at radius 3 is 0.747 bits per heavy atom. The van der Waals surface area contributed by atoms with Gasteiger partial charge in [0.05, 0.1) is 0 Å². The van der Waals surface area contributed by atoms with Gasteiger partial charge in [0.25, 0.3) is 0 Å². The average Bonchev–Trinajstić information content (AvgIpc) is 3.45. The van der Waals surface area contributed by atoms with E-state index in [0.717, 1.165) is 89.9 Å². The molecular weight excluding hydrogens is 973 g/mol. The van der Waals surface area contributed by atoms with E-state index >= 15 is 0 Å². The predicted molar refractivity (Wildman–Crippen MR) is 344 cm³/mol. The smallest absolute Gasteiger partial charge is 0.306 e. The lowest BCUT2D eigenvalue weighted by atomic mass is 10.0. The van der Waals surface area contributed by atoms with E-state index in [9.17, 15) is 14.4 Å². The highest BCUT2D eigenvalue weighted by Crippen LogP contribution is 2.17. The zero-order valence-corrected chi connectivity index (χ0v) is 52.6. The van der Waals surface area contributed by atoms with Gasteiger partial charge < -0.3 is 14.2 Å². The van der Waals surface area contributed by atoms with E-state index in [1.54, 1.807) is 0 Å². The molecule has 0 heterocycles. The molecule has 0 spiro atoms. The zero-order chi connectivity index (χ0) is 57.1. The number of allylic oxidation sites excluding steroid dienone is 12. The van der Waals surface area contributed by atoms with Crippen molar-refractivity contribution in [2.24, 2.45) is 0 Å². The zero-order valence-electron chi connectivity index (χ0n) is 52.6. The molecule has 0 bridgehead atoms. The van der Waals surface area contributed by atoms with Crippen molar-refractivity contribution >= 4 is 17.9 Å². The number of unbranched alkanes of at least 4 members (excludes halogenated alkanes) is 40. The van der Waals surface area contributed by atoms with Crippen LogP contribution in [0, 0.1) is 0 Å². The van der Waals surface area contributed by atoms with Crippen LogP contribution in [0.5, 0.6) is 0 Å². The lowest BCUT2D eigenvalue weighted by Gasteiger charge is -2.18. The molecule has 6 heteroatoms. The van der Waals surface area contributed by atoms with Crippen LogP contribution in [-0.4, -0.2) is 37.2 Å². The van der Waals surface area contributed by atoms with Gasteiger partial charge in [-0.15, -0.1) is 0 Å². The summed E-state index contributed by atoms with van der Waals surface area (Å²) in [6.07, 6.45) is 87.7. The van der Waals surface area contributed by atoms with Crippen LogP contribution in [0.2, 0.25) is 0 Å². The van der Waals surface area contributed by atoms with E-state index in [1.807, 2.05) is 0 Å². The van der Waals surface area contributed by atoms with E-state index in [2.05, 4.69) is 93.7 Å². The van der Waals surface area contributed by atoms with Crippen LogP contribution in [0.25, 0.3) is 0 Å². The van der Waals surface area contributed by atoms with Crippen LogP contribution >= 0.6 is 0 Å². The molecule has 0 aliphatic carbocycles. The highest BCUT2D eigenvalue weighted by Gasteiger charge is 2.19. The molecule has 0 rings (SSSR count). The fraction of sp³-hybridized carbons (Fsp3) is 0.795. The van der Waals surface area contributed by atoms with Gasteiger partial charge in [0.2, 0.25) is 0 Å². The van der Waals surface area contributed by atoms with Gasteiger partial charge in [-0.1, -0.05) is 293 Å². The minimum atomic E-state index is -0.786. The highest BCUT2D eigenvalue weighted by molar-refractivity contribution is 5.71. The van der Waals surface area contributed by atoms with E-state index in [4.69, 9.17) is 14.2 Å². The van der Waals surface area contributed by atoms with Gasteiger partial charge in [-0.3, -0.25) is 14.4 Å². The number of carbonyl (C=O) groups excluding carboxylic acids is 3. The van der Waals surface area contributed by atoms with Gasteiger partial charge in [0.15, 0.2) is 6.10 Å². The molecule has 1 atom stereocenters. The number of hydrogen-bond acceptors (Lipinski definition) is 6. The van der Waals surface area contributed by atoms with Crippen molar-refractivity contribution in [1.82, 2.24) is 0 Å². The van der Waals surface area contributed by atoms with Crippen molar-refractivity contribution in [2.45, 2.75) is 361 Å². The summed E-state index contributed by atoms with van der Waals surface area (Å²) in [6, 6.07) is 0. The van der Waals surface area contributed by atoms with E-state index in [-0.39, 0.29) is 31.1 Å². The molecule has 0 amide bonds. The van der Waals surface area contributed by atoms with Gasteiger partial charge in [-0.2, -0.15) is 0 Å². The second kappa shape index (κ2) is 67.4. The molecular formula is C73H130O6. The van der Waals surface area contributed by atoms with E-state index < -0.39 is 6.10 Å². The number of hydrogen-bond donors (Lipinski definition) is 0. The van der Waals surface area contributed by atoms with Crippen molar-refractivity contribution in [2.75, 3.05) is 13.2 Å². The SMILES string of the molecule is CCCCC/C=C\C/C=C\C/C=C\CCCCCCCCC(=O)OC(COC(=O)CCCCCCCCCCC/C=C\C/C=C\CCCCC)COC(=O)CCCCCCCCCCCCC/C=C\CCCCCCCCCC.